The molecule has 0 saturated carbocycles. The Morgan fingerprint density at radius 3 is 2.63 bits per heavy atom. The molecule has 1 aromatic rings. The van der Waals surface area contributed by atoms with Crippen LogP contribution in [-0.4, -0.2) is 30.1 Å². The molecule has 0 radical (unpaired) electrons. The van der Waals surface area contributed by atoms with Crippen molar-refractivity contribution in [1.29, 1.82) is 0 Å². The van der Waals surface area contributed by atoms with Gasteiger partial charge in [0.15, 0.2) is 0 Å². The molecule has 0 bridgehead atoms. The van der Waals surface area contributed by atoms with Gasteiger partial charge >= 0.3 is 10.8 Å². The Balaban J connectivity index is 2.50. The van der Waals surface area contributed by atoms with Crippen LogP contribution < -0.4 is 10.2 Å². The standard InChI is InChI=1S/C12H16N2O4S/c1-8-9(2)19-12(17)14(8)7-10(15)13-6-4-5-11(16)18-3/h4-5H,6-7H2,1-3H3,(H,13,15)/b5-4+. The van der Waals surface area contributed by atoms with E-state index in [0.717, 1.165) is 21.9 Å². The Kier molecular flexibility index (Phi) is 5.50. The van der Waals surface area contributed by atoms with Gasteiger partial charge in [0, 0.05) is 23.2 Å². The van der Waals surface area contributed by atoms with Crippen molar-refractivity contribution in [3.8, 4) is 0 Å². The highest BCUT2D eigenvalue weighted by Gasteiger charge is 2.10. The molecule has 1 rings (SSSR count). The number of carbonyl (C=O) groups is 2. The Hall–Kier alpha value is -1.89. The summed E-state index contributed by atoms with van der Waals surface area (Å²) in [4.78, 5) is 34.7. The monoisotopic (exact) mass is 284 g/mol. The number of esters is 1. The van der Waals surface area contributed by atoms with Gasteiger partial charge in [-0.3, -0.25) is 14.2 Å². The maximum absolute atomic E-state index is 11.6. The highest BCUT2D eigenvalue weighted by molar-refractivity contribution is 7.09. The van der Waals surface area contributed by atoms with Gasteiger partial charge in [0.1, 0.15) is 6.54 Å². The minimum Gasteiger partial charge on any atom is -0.466 e. The number of nitrogens with zero attached hydrogens (tertiary/aromatic N) is 1. The molecule has 1 aromatic heterocycles. The summed E-state index contributed by atoms with van der Waals surface area (Å²) in [6, 6.07) is 0. The minimum atomic E-state index is -0.477. The minimum absolute atomic E-state index is 0.0128. The number of amides is 1. The van der Waals surface area contributed by atoms with Gasteiger partial charge < -0.3 is 10.1 Å². The van der Waals surface area contributed by atoms with Crippen molar-refractivity contribution in [2.45, 2.75) is 20.4 Å². The molecule has 0 aliphatic rings. The lowest BCUT2D eigenvalue weighted by Gasteiger charge is -2.05. The summed E-state index contributed by atoms with van der Waals surface area (Å²) in [5, 5.41) is 2.59. The number of methoxy groups -OCH3 is 1. The number of hydrogen-bond donors (Lipinski definition) is 1. The highest BCUT2D eigenvalue weighted by atomic mass is 32.1. The Labute approximate surface area is 114 Å². The van der Waals surface area contributed by atoms with E-state index in [0.29, 0.717) is 0 Å². The average Bonchev–Trinajstić information content (AvgIpc) is 2.61. The van der Waals surface area contributed by atoms with Crippen LogP contribution in [0.1, 0.15) is 10.6 Å². The van der Waals surface area contributed by atoms with E-state index in [9.17, 15) is 14.4 Å². The van der Waals surface area contributed by atoms with E-state index >= 15 is 0 Å². The van der Waals surface area contributed by atoms with Gasteiger partial charge in [0.05, 0.1) is 7.11 Å². The fourth-order valence-corrected chi connectivity index (χ4v) is 2.20. The van der Waals surface area contributed by atoms with Crippen LogP contribution in [-0.2, 0) is 20.9 Å². The summed E-state index contributed by atoms with van der Waals surface area (Å²) >= 11 is 1.13. The summed E-state index contributed by atoms with van der Waals surface area (Å²) < 4.78 is 5.83. The third-order valence-electron chi connectivity index (χ3n) is 2.55. The fourth-order valence-electron chi connectivity index (χ4n) is 1.37. The Bertz CT molecular complexity index is 557. The van der Waals surface area contributed by atoms with Crippen molar-refractivity contribution in [2.24, 2.45) is 0 Å². The van der Waals surface area contributed by atoms with Crippen molar-refractivity contribution in [2.75, 3.05) is 13.7 Å². The molecule has 19 heavy (non-hydrogen) atoms. The maximum Gasteiger partial charge on any atom is 0.330 e. The van der Waals surface area contributed by atoms with Gasteiger partial charge in [-0.05, 0) is 13.8 Å². The first-order valence-corrected chi connectivity index (χ1v) is 6.45. The van der Waals surface area contributed by atoms with Gasteiger partial charge in [-0.15, -0.1) is 0 Å². The largest absolute Gasteiger partial charge is 0.466 e. The molecule has 0 saturated heterocycles. The number of thiazole rings is 1. The summed E-state index contributed by atoms with van der Waals surface area (Å²) in [5.74, 6) is -0.757. The molecule has 1 N–H and O–H groups in total. The van der Waals surface area contributed by atoms with Crippen molar-refractivity contribution in [3.05, 3.63) is 32.4 Å². The second-order valence-electron chi connectivity index (χ2n) is 3.83. The first kappa shape index (κ1) is 15.2. The zero-order valence-electron chi connectivity index (χ0n) is 11.1. The van der Waals surface area contributed by atoms with Crippen LogP contribution in [0, 0.1) is 13.8 Å². The number of ether oxygens (including phenoxy) is 1. The van der Waals surface area contributed by atoms with Gasteiger partial charge in [-0.2, -0.15) is 0 Å². The summed E-state index contributed by atoms with van der Waals surface area (Å²) in [5.41, 5.74) is 0.801. The second kappa shape index (κ2) is 6.89. The molecule has 0 fully saturated rings. The number of aryl methyl sites for hydroxylation is 1. The van der Waals surface area contributed by atoms with E-state index in [1.165, 1.54) is 23.8 Å². The highest BCUT2D eigenvalue weighted by Crippen LogP contribution is 2.08. The summed E-state index contributed by atoms with van der Waals surface area (Å²) in [6.45, 7) is 3.85. The van der Waals surface area contributed by atoms with Crippen LogP contribution in [0.3, 0.4) is 0 Å². The normalized spacial score (nSPS) is 10.7. The molecule has 1 amide bonds. The Morgan fingerprint density at radius 1 is 1.42 bits per heavy atom. The third-order valence-corrected chi connectivity index (χ3v) is 3.55. The van der Waals surface area contributed by atoms with Gasteiger partial charge in [0.2, 0.25) is 5.91 Å². The molecule has 7 heteroatoms. The molecule has 104 valence electrons. The maximum atomic E-state index is 11.6. The Morgan fingerprint density at radius 2 is 2.11 bits per heavy atom. The molecule has 0 spiro atoms. The number of rotatable bonds is 5. The predicted octanol–water partition coefficient (Wildman–Crippen LogP) is 0.372. The topological polar surface area (TPSA) is 77.4 Å². The zero-order valence-corrected chi connectivity index (χ0v) is 11.9. The molecule has 0 aromatic carbocycles. The van der Waals surface area contributed by atoms with E-state index in [4.69, 9.17) is 0 Å². The van der Waals surface area contributed by atoms with Crippen LogP contribution in [0.15, 0.2) is 16.9 Å². The van der Waals surface area contributed by atoms with Crippen LogP contribution >= 0.6 is 11.3 Å². The van der Waals surface area contributed by atoms with Crippen molar-refractivity contribution in [3.63, 3.8) is 0 Å². The molecule has 1 heterocycles. The van der Waals surface area contributed by atoms with Gasteiger partial charge in [-0.1, -0.05) is 17.4 Å². The van der Waals surface area contributed by atoms with E-state index < -0.39 is 5.97 Å². The number of carbonyl (C=O) groups excluding carboxylic acids is 2. The molecular weight excluding hydrogens is 268 g/mol. The lowest BCUT2D eigenvalue weighted by Crippen LogP contribution is -2.31. The van der Waals surface area contributed by atoms with Gasteiger partial charge in [-0.25, -0.2) is 4.79 Å². The molecular formula is C12H16N2O4S. The SMILES string of the molecule is COC(=O)/C=C/CNC(=O)Cn1c(C)c(C)sc1=O. The average molecular weight is 284 g/mol. The van der Waals surface area contributed by atoms with Crippen LogP contribution in [0.2, 0.25) is 0 Å². The van der Waals surface area contributed by atoms with Crippen LogP contribution in [0.5, 0.6) is 0 Å². The molecule has 0 aliphatic heterocycles. The summed E-state index contributed by atoms with van der Waals surface area (Å²) in [6.07, 6.45) is 2.71. The van der Waals surface area contributed by atoms with E-state index in [1.54, 1.807) is 6.92 Å². The van der Waals surface area contributed by atoms with Crippen LogP contribution in [0.4, 0.5) is 0 Å². The third kappa shape index (κ3) is 4.36. The van der Waals surface area contributed by atoms with Crippen LogP contribution in [0.25, 0.3) is 0 Å². The van der Waals surface area contributed by atoms with E-state index in [2.05, 4.69) is 10.1 Å². The fraction of sp³-hybridized carbons (Fsp3) is 0.417. The molecule has 6 nitrogen and oxygen atoms in total. The quantitative estimate of drug-likeness (QED) is 0.626. The molecule has 0 unspecified atom stereocenters. The second-order valence-corrected chi connectivity index (χ2v) is 4.99. The van der Waals surface area contributed by atoms with E-state index in [-0.39, 0.29) is 23.9 Å². The molecule has 0 atom stereocenters. The number of nitrogens with one attached hydrogen (secondary N) is 1. The predicted molar refractivity (Wildman–Crippen MR) is 72.2 cm³/mol. The van der Waals surface area contributed by atoms with Gasteiger partial charge in [0.25, 0.3) is 0 Å². The molecule has 0 aliphatic carbocycles. The number of hydrogen-bond acceptors (Lipinski definition) is 5. The first-order chi connectivity index (χ1) is 8.95. The first-order valence-electron chi connectivity index (χ1n) is 5.63. The lowest BCUT2D eigenvalue weighted by molar-refractivity contribution is -0.134. The van der Waals surface area contributed by atoms with E-state index in [1.807, 2.05) is 6.92 Å². The lowest BCUT2D eigenvalue weighted by atomic mass is 10.4. The van der Waals surface area contributed by atoms with Crippen molar-refractivity contribution < 1.29 is 14.3 Å². The smallest absolute Gasteiger partial charge is 0.330 e. The number of aromatic nitrogens is 1. The zero-order chi connectivity index (χ0) is 14.4. The van der Waals surface area contributed by atoms with Crippen molar-refractivity contribution in [1.82, 2.24) is 9.88 Å². The summed E-state index contributed by atoms with van der Waals surface area (Å²) in [7, 11) is 1.28. The van der Waals surface area contributed by atoms with Crippen molar-refractivity contribution >= 4 is 23.2 Å².